The van der Waals surface area contributed by atoms with Crippen molar-refractivity contribution in [2.24, 2.45) is 0 Å². The molecule has 0 saturated carbocycles. The van der Waals surface area contributed by atoms with Gasteiger partial charge in [-0.2, -0.15) is 5.26 Å². The van der Waals surface area contributed by atoms with Gasteiger partial charge in [0.1, 0.15) is 18.4 Å². The van der Waals surface area contributed by atoms with Crippen molar-refractivity contribution >= 4 is 15.9 Å². The van der Waals surface area contributed by atoms with Crippen LogP contribution in [-0.4, -0.2) is 31.5 Å². The lowest BCUT2D eigenvalue weighted by atomic mass is 10.2. The molecule has 0 radical (unpaired) electrons. The third-order valence-corrected chi connectivity index (χ3v) is 2.28. The number of nitriles is 1. The Kier molecular flexibility index (Phi) is 5.86. The van der Waals surface area contributed by atoms with Crippen molar-refractivity contribution in [3.05, 3.63) is 28.2 Å². The van der Waals surface area contributed by atoms with Crippen LogP contribution < -0.4 is 4.74 Å². The molecule has 86 valence electrons. The molecule has 1 aromatic rings. The lowest BCUT2D eigenvalue weighted by molar-refractivity contribution is 0.0704. The van der Waals surface area contributed by atoms with E-state index in [0.29, 0.717) is 31.1 Å². The predicted octanol–water partition coefficient (Wildman–Crippen LogP) is 1.71. The third kappa shape index (κ3) is 4.19. The van der Waals surface area contributed by atoms with Crippen LogP contribution in [0.5, 0.6) is 5.75 Å². The van der Waals surface area contributed by atoms with Gasteiger partial charge in [-0.15, -0.1) is 0 Å². The fourth-order valence-electron chi connectivity index (χ4n) is 1.09. The van der Waals surface area contributed by atoms with Crippen LogP contribution in [0.3, 0.4) is 0 Å². The molecule has 0 spiro atoms. The average Bonchev–Trinajstić information content (AvgIpc) is 2.30. The Labute approximate surface area is 103 Å². The smallest absolute Gasteiger partial charge is 0.137 e. The van der Waals surface area contributed by atoms with E-state index in [1.165, 1.54) is 0 Å². The normalized spacial score (nSPS) is 9.81. The fourth-order valence-corrected chi connectivity index (χ4v) is 1.45. The Bertz CT molecular complexity index is 376. The first-order valence-corrected chi connectivity index (χ1v) is 5.58. The van der Waals surface area contributed by atoms with Crippen molar-refractivity contribution in [1.82, 2.24) is 0 Å². The van der Waals surface area contributed by atoms with Crippen LogP contribution in [-0.2, 0) is 4.74 Å². The van der Waals surface area contributed by atoms with Gasteiger partial charge in [-0.25, -0.2) is 0 Å². The predicted molar refractivity (Wildman–Crippen MR) is 62.3 cm³/mol. The molecule has 1 N–H and O–H groups in total. The minimum absolute atomic E-state index is 0.00172. The van der Waals surface area contributed by atoms with Gasteiger partial charge in [-0.3, -0.25) is 0 Å². The van der Waals surface area contributed by atoms with Gasteiger partial charge in [-0.05, 0) is 18.2 Å². The summed E-state index contributed by atoms with van der Waals surface area (Å²) in [7, 11) is 0. The van der Waals surface area contributed by atoms with E-state index in [0.717, 1.165) is 4.47 Å². The van der Waals surface area contributed by atoms with Crippen LogP contribution in [0.15, 0.2) is 22.7 Å². The highest BCUT2D eigenvalue weighted by molar-refractivity contribution is 9.10. The lowest BCUT2D eigenvalue weighted by Gasteiger charge is -2.08. The molecule has 4 nitrogen and oxygen atoms in total. The van der Waals surface area contributed by atoms with E-state index < -0.39 is 0 Å². The van der Waals surface area contributed by atoms with Crippen molar-refractivity contribution in [1.29, 1.82) is 5.26 Å². The van der Waals surface area contributed by atoms with Crippen LogP contribution in [0.1, 0.15) is 5.56 Å². The van der Waals surface area contributed by atoms with E-state index in [1.807, 2.05) is 6.07 Å². The Balaban J connectivity index is 2.45. The molecule has 16 heavy (non-hydrogen) atoms. The number of nitrogens with zero attached hydrogens (tertiary/aromatic N) is 1. The van der Waals surface area contributed by atoms with Crippen LogP contribution >= 0.6 is 15.9 Å². The zero-order chi connectivity index (χ0) is 11.8. The van der Waals surface area contributed by atoms with E-state index in [9.17, 15) is 0 Å². The molecule has 0 aliphatic carbocycles. The second kappa shape index (κ2) is 7.23. The molecular weight excluding hydrogens is 274 g/mol. The Morgan fingerprint density at radius 2 is 2.12 bits per heavy atom. The summed E-state index contributed by atoms with van der Waals surface area (Å²) in [5.74, 6) is 0.540. The summed E-state index contributed by atoms with van der Waals surface area (Å²) < 4.78 is 11.3. The third-order valence-electron chi connectivity index (χ3n) is 1.78. The van der Waals surface area contributed by atoms with E-state index in [1.54, 1.807) is 12.1 Å². The summed E-state index contributed by atoms with van der Waals surface area (Å²) in [5.41, 5.74) is 0.483. The SMILES string of the molecule is N#Cc1cc(Br)ccc1OCCOCCO. The monoisotopic (exact) mass is 285 g/mol. The number of halogens is 1. The molecule has 0 aliphatic heterocycles. The van der Waals surface area contributed by atoms with Crippen LogP contribution in [0.2, 0.25) is 0 Å². The number of rotatable bonds is 6. The standard InChI is InChI=1S/C11H12BrNO3/c12-10-1-2-11(9(7-10)8-13)16-6-5-15-4-3-14/h1-2,7,14H,3-6H2. The number of ether oxygens (including phenoxy) is 2. The molecule has 5 heteroatoms. The highest BCUT2D eigenvalue weighted by atomic mass is 79.9. The van der Waals surface area contributed by atoms with Gasteiger partial charge < -0.3 is 14.6 Å². The molecule has 0 amide bonds. The number of aliphatic hydroxyl groups is 1. The molecule has 0 fully saturated rings. The van der Waals surface area contributed by atoms with Gasteiger partial charge >= 0.3 is 0 Å². The fraction of sp³-hybridized carbons (Fsp3) is 0.364. The van der Waals surface area contributed by atoms with E-state index >= 15 is 0 Å². The van der Waals surface area contributed by atoms with Crippen molar-refractivity contribution in [2.45, 2.75) is 0 Å². The highest BCUT2D eigenvalue weighted by Gasteiger charge is 2.03. The lowest BCUT2D eigenvalue weighted by Crippen LogP contribution is -2.09. The molecule has 1 aromatic carbocycles. The highest BCUT2D eigenvalue weighted by Crippen LogP contribution is 2.22. The van der Waals surface area contributed by atoms with Gasteiger partial charge in [0.25, 0.3) is 0 Å². The molecule has 0 heterocycles. The molecule has 0 unspecified atom stereocenters. The number of benzene rings is 1. The first-order valence-electron chi connectivity index (χ1n) is 4.79. The molecule has 1 rings (SSSR count). The van der Waals surface area contributed by atoms with Crippen LogP contribution in [0, 0.1) is 11.3 Å². The summed E-state index contributed by atoms with van der Waals surface area (Å²) in [6.45, 7) is 1.05. The second-order valence-electron chi connectivity index (χ2n) is 2.94. The molecule has 0 aliphatic rings. The second-order valence-corrected chi connectivity index (χ2v) is 3.85. The van der Waals surface area contributed by atoms with Crippen LogP contribution in [0.25, 0.3) is 0 Å². The summed E-state index contributed by atoms with van der Waals surface area (Å²) in [4.78, 5) is 0. The maximum absolute atomic E-state index is 8.87. The van der Waals surface area contributed by atoms with Crippen molar-refractivity contribution in [2.75, 3.05) is 26.4 Å². The minimum atomic E-state index is 0.00172. The summed E-state index contributed by atoms with van der Waals surface area (Å²) >= 11 is 3.28. The molecule has 0 bridgehead atoms. The van der Waals surface area contributed by atoms with Crippen molar-refractivity contribution in [3.63, 3.8) is 0 Å². The Morgan fingerprint density at radius 3 is 2.81 bits per heavy atom. The number of hydrogen-bond donors (Lipinski definition) is 1. The van der Waals surface area contributed by atoms with Crippen LogP contribution in [0.4, 0.5) is 0 Å². The zero-order valence-corrected chi connectivity index (χ0v) is 10.2. The quantitative estimate of drug-likeness (QED) is 0.809. The first-order chi connectivity index (χ1) is 7.77. The number of aliphatic hydroxyl groups excluding tert-OH is 1. The zero-order valence-electron chi connectivity index (χ0n) is 8.65. The van der Waals surface area contributed by atoms with E-state index in [-0.39, 0.29) is 6.61 Å². The first kappa shape index (κ1) is 13.0. The van der Waals surface area contributed by atoms with Gasteiger partial charge in [0, 0.05) is 4.47 Å². The summed E-state index contributed by atoms with van der Waals surface area (Å²) in [5, 5.41) is 17.3. The summed E-state index contributed by atoms with van der Waals surface area (Å²) in [6, 6.07) is 7.29. The number of hydrogen-bond acceptors (Lipinski definition) is 4. The minimum Gasteiger partial charge on any atom is -0.490 e. The topological polar surface area (TPSA) is 62.5 Å². The van der Waals surface area contributed by atoms with Gasteiger partial charge in [0.15, 0.2) is 0 Å². The Hall–Kier alpha value is -1.09. The molecule has 0 atom stereocenters. The molecular formula is C11H12BrNO3. The van der Waals surface area contributed by atoms with Crippen molar-refractivity contribution in [3.8, 4) is 11.8 Å². The molecule has 0 aromatic heterocycles. The summed E-state index contributed by atoms with van der Waals surface area (Å²) in [6.07, 6.45) is 0. The molecule has 0 saturated heterocycles. The van der Waals surface area contributed by atoms with Gasteiger partial charge in [0.2, 0.25) is 0 Å². The van der Waals surface area contributed by atoms with Crippen molar-refractivity contribution < 1.29 is 14.6 Å². The maximum atomic E-state index is 8.87. The van der Waals surface area contributed by atoms with Gasteiger partial charge in [0.05, 0.1) is 25.4 Å². The van der Waals surface area contributed by atoms with E-state index in [2.05, 4.69) is 22.0 Å². The maximum Gasteiger partial charge on any atom is 0.137 e. The van der Waals surface area contributed by atoms with Gasteiger partial charge in [-0.1, -0.05) is 15.9 Å². The average molecular weight is 286 g/mol. The Morgan fingerprint density at radius 1 is 1.31 bits per heavy atom. The van der Waals surface area contributed by atoms with E-state index in [4.69, 9.17) is 19.8 Å². The largest absolute Gasteiger partial charge is 0.490 e.